The van der Waals surface area contributed by atoms with Gasteiger partial charge in [0, 0.05) is 19.3 Å². The molecule has 0 radical (unpaired) electrons. The maximum Gasteiger partial charge on any atom is 0.356 e. The highest BCUT2D eigenvalue weighted by molar-refractivity contribution is 5.84. The van der Waals surface area contributed by atoms with E-state index < -0.39 is 5.97 Å². The molecule has 2 aromatic rings. The third-order valence-electron chi connectivity index (χ3n) is 3.90. The minimum Gasteiger partial charge on any atom is -0.476 e. The number of fused-ring (bicyclic) bond motifs is 1. The number of hydrogen-bond acceptors (Lipinski definition) is 5. The second kappa shape index (κ2) is 6.01. The molecule has 0 aliphatic carbocycles. The zero-order valence-corrected chi connectivity index (χ0v) is 12.4. The lowest BCUT2D eigenvalue weighted by molar-refractivity contribution is 0.0690. The van der Waals surface area contributed by atoms with Gasteiger partial charge in [-0.1, -0.05) is 18.2 Å². The Labute approximate surface area is 128 Å². The van der Waals surface area contributed by atoms with Crippen molar-refractivity contribution in [1.29, 1.82) is 0 Å². The van der Waals surface area contributed by atoms with E-state index in [1.165, 1.54) is 23.6 Å². The molecule has 0 bridgehead atoms. The first-order chi connectivity index (χ1) is 10.6. The summed E-state index contributed by atoms with van der Waals surface area (Å²) in [6.07, 6.45) is 4.81. The Hall–Kier alpha value is -2.63. The molecule has 1 atom stereocenters. The Kier molecular flexibility index (Phi) is 3.91. The molecule has 114 valence electrons. The number of hydrogen-bond donors (Lipinski definition) is 2. The predicted octanol–water partition coefficient (Wildman–Crippen LogP) is 2.56. The number of aromatic nitrogens is 2. The molecule has 0 fully saturated rings. The Bertz CT molecular complexity index is 672. The summed E-state index contributed by atoms with van der Waals surface area (Å²) in [5.41, 5.74) is 2.39. The van der Waals surface area contributed by atoms with Gasteiger partial charge < -0.3 is 15.3 Å². The van der Waals surface area contributed by atoms with Crippen LogP contribution in [0.3, 0.4) is 0 Å². The highest BCUT2D eigenvalue weighted by Gasteiger charge is 2.21. The Morgan fingerprint density at radius 3 is 2.86 bits per heavy atom. The van der Waals surface area contributed by atoms with Crippen LogP contribution in [0, 0.1) is 0 Å². The summed E-state index contributed by atoms with van der Waals surface area (Å²) < 4.78 is 0. The maximum atomic E-state index is 10.8. The lowest BCUT2D eigenvalue weighted by atomic mass is 10.0. The van der Waals surface area contributed by atoms with E-state index >= 15 is 0 Å². The van der Waals surface area contributed by atoms with Gasteiger partial charge in [0.1, 0.15) is 5.82 Å². The molecule has 2 N–H and O–H groups in total. The average Bonchev–Trinajstić information content (AvgIpc) is 2.68. The van der Waals surface area contributed by atoms with Crippen molar-refractivity contribution in [3.8, 4) is 0 Å². The molecule has 1 aliphatic rings. The van der Waals surface area contributed by atoms with Crippen molar-refractivity contribution in [3.05, 3.63) is 47.9 Å². The normalized spacial score (nSPS) is 17.5. The third kappa shape index (κ3) is 2.86. The highest BCUT2D eigenvalue weighted by atomic mass is 16.4. The molecule has 6 nitrogen and oxygen atoms in total. The zero-order valence-electron chi connectivity index (χ0n) is 12.4. The second-order valence-electron chi connectivity index (χ2n) is 5.41. The first kappa shape index (κ1) is 14.3. The van der Waals surface area contributed by atoms with Gasteiger partial charge in [-0.15, -0.1) is 0 Å². The van der Waals surface area contributed by atoms with E-state index in [-0.39, 0.29) is 11.7 Å². The van der Waals surface area contributed by atoms with E-state index in [2.05, 4.69) is 39.4 Å². The van der Waals surface area contributed by atoms with Crippen LogP contribution in [0.15, 0.2) is 36.7 Å². The highest BCUT2D eigenvalue weighted by Crippen LogP contribution is 2.33. The lowest BCUT2D eigenvalue weighted by Crippen LogP contribution is -2.17. The predicted molar refractivity (Wildman–Crippen MR) is 84.3 cm³/mol. The summed E-state index contributed by atoms with van der Waals surface area (Å²) in [6.45, 7) is 1.01. The maximum absolute atomic E-state index is 10.8. The van der Waals surface area contributed by atoms with Crippen LogP contribution in [0.1, 0.15) is 34.9 Å². The van der Waals surface area contributed by atoms with Gasteiger partial charge in [0.2, 0.25) is 0 Å². The zero-order chi connectivity index (χ0) is 15.5. The Morgan fingerprint density at radius 2 is 2.14 bits per heavy atom. The lowest BCUT2D eigenvalue weighted by Gasteiger charge is -2.22. The quantitative estimate of drug-likeness (QED) is 0.906. The van der Waals surface area contributed by atoms with Gasteiger partial charge in [-0.25, -0.2) is 14.8 Å². The monoisotopic (exact) mass is 298 g/mol. The minimum absolute atomic E-state index is 0.0495. The number of carboxylic acids is 1. The second-order valence-corrected chi connectivity index (χ2v) is 5.41. The van der Waals surface area contributed by atoms with E-state index in [0.29, 0.717) is 5.82 Å². The molecule has 1 aliphatic heterocycles. The summed E-state index contributed by atoms with van der Waals surface area (Å²) in [7, 11) is 2.10. The number of nitrogens with one attached hydrogen (secondary N) is 1. The number of aromatic carboxylic acids is 1. The van der Waals surface area contributed by atoms with Crippen LogP contribution in [-0.4, -0.2) is 34.6 Å². The van der Waals surface area contributed by atoms with Crippen molar-refractivity contribution in [2.24, 2.45) is 0 Å². The SMILES string of the molecule is CN1CCCC(Nc2cnc(C(=O)O)cn2)c2ccccc21. The van der Waals surface area contributed by atoms with Crippen molar-refractivity contribution < 1.29 is 9.90 Å². The number of anilines is 2. The summed E-state index contributed by atoms with van der Waals surface area (Å²) >= 11 is 0. The fraction of sp³-hybridized carbons (Fsp3) is 0.312. The van der Waals surface area contributed by atoms with Crippen LogP contribution < -0.4 is 10.2 Å². The first-order valence-corrected chi connectivity index (χ1v) is 7.27. The van der Waals surface area contributed by atoms with E-state index in [1.54, 1.807) is 0 Å². The van der Waals surface area contributed by atoms with Gasteiger partial charge in [-0.3, -0.25) is 0 Å². The van der Waals surface area contributed by atoms with Crippen molar-refractivity contribution in [1.82, 2.24) is 9.97 Å². The molecular weight excluding hydrogens is 280 g/mol. The van der Waals surface area contributed by atoms with Crippen LogP contribution in [-0.2, 0) is 0 Å². The number of rotatable bonds is 3. The Morgan fingerprint density at radius 1 is 1.32 bits per heavy atom. The molecule has 2 heterocycles. The summed E-state index contributed by atoms with van der Waals surface area (Å²) in [5, 5.41) is 12.2. The van der Waals surface area contributed by atoms with Gasteiger partial charge in [0.15, 0.2) is 5.69 Å². The smallest absolute Gasteiger partial charge is 0.356 e. The standard InChI is InChI=1S/C16H18N4O2/c1-20-8-4-6-12(11-5-2-3-7-14(11)20)19-15-10-17-13(9-18-15)16(21)22/h2-3,5,7,9-10,12H,4,6,8H2,1H3,(H,18,19)(H,21,22). The molecule has 1 aromatic heterocycles. The fourth-order valence-electron chi connectivity index (χ4n) is 2.78. The number of para-hydroxylation sites is 1. The molecule has 22 heavy (non-hydrogen) atoms. The molecule has 0 saturated carbocycles. The van der Waals surface area contributed by atoms with Crippen LogP contribution in [0.25, 0.3) is 0 Å². The number of carboxylic acid groups (broad SMARTS) is 1. The number of benzene rings is 1. The van der Waals surface area contributed by atoms with Crippen molar-refractivity contribution in [2.75, 3.05) is 23.8 Å². The topological polar surface area (TPSA) is 78.4 Å². The van der Waals surface area contributed by atoms with E-state index in [1.807, 2.05) is 12.1 Å². The molecule has 3 rings (SSSR count). The van der Waals surface area contributed by atoms with Crippen molar-refractivity contribution in [2.45, 2.75) is 18.9 Å². The van der Waals surface area contributed by atoms with Gasteiger partial charge >= 0.3 is 5.97 Å². The summed E-state index contributed by atoms with van der Waals surface area (Å²) in [6, 6.07) is 8.46. The molecule has 0 spiro atoms. The van der Waals surface area contributed by atoms with Gasteiger partial charge in [0.25, 0.3) is 0 Å². The fourth-order valence-corrected chi connectivity index (χ4v) is 2.78. The molecular formula is C16H18N4O2. The van der Waals surface area contributed by atoms with Crippen LogP contribution in [0.5, 0.6) is 0 Å². The molecule has 6 heteroatoms. The van der Waals surface area contributed by atoms with Crippen LogP contribution in [0.2, 0.25) is 0 Å². The van der Waals surface area contributed by atoms with Crippen molar-refractivity contribution in [3.63, 3.8) is 0 Å². The minimum atomic E-state index is -1.07. The molecule has 0 saturated heterocycles. The van der Waals surface area contributed by atoms with E-state index in [4.69, 9.17) is 5.11 Å². The van der Waals surface area contributed by atoms with E-state index in [9.17, 15) is 4.79 Å². The molecule has 1 aromatic carbocycles. The number of carbonyl (C=O) groups is 1. The van der Waals surface area contributed by atoms with Crippen molar-refractivity contribution >= 4 is 17.5 Å². The molecule has 1 unspecified atom stereocenters. The molecule has 0 amide bonds. The third-order valence-corrected chi connectivity index (χ3v) is 3.90. The summed E-state index contributed by atoms with van der Waals surface area (Å²) in [4.78, 5) is 21.1. The van der Waals surface area contributed by atoms with Gasteiger partial charge in [0.05, 0.1) is 18.4 Å². The van der Waals surface area contributed by atoms with Gasteiger partial charge in [-0.05, 0) is 24.5 Å². The van der Waals surface area contributed by atoms with E-state index in [0.717, 1.165) is 19.4 Å². The number of nitrogens with zero attached hydrogens (tertiary/aromatic N) is 3. The van der Waals surface area contributed by atoms with Crippen LogP contribution in [0.4, 0.5) is 11.5 Å². The first-order valence-electron chi connectivity index (χ1n) is 7.27. The van der Waals surface area contributed by atoms with Gasteiger partial charge in [-0.2, -0.15) is 0 Å². The average molecular weight is 298 g/mol. The summed E-state index contributed by atoms with van der Waals surface area (Å²) in [5.74, 6) is -0.477. The largest absolute Gasteiger partial charge is 0.476 e. The Balaban J connectivity index is 1.85. The van der Waals surface area contributed by atoms with Crippen LogP contribution >= 0.6 is 0 Å².